The minimum atomic E-state index is -0.294. The summed E-state index contributed by atoms with van der Waals surface area (Å²) in [5.74, 6) is 1.35. The van der Waals surface area contributed by atoms with E-state index in [-0.39, 0.29) is 11.5 Å². The number of hydrogen-bond donors (Lipinski definition) is 1. The van der Waals surface area contributed by atoms with Crippen molar-refractivity contribution >= 4 is 12.0 Å². The lowest BCUT2D eigenvalue weighted by molar-refractivity contribution is -0.117. The molecule has 1 saturated heterocycles. The predicted octanol–water partition coefficient (Wildman–Crippen LogP) is 2.62. The molecule has 1 saturated carbocycles. The first kappa shape index (κ1) is 17.6. The average molecular weight is 338 g/mol. The highest BCUT2D eigenvalue weighted by Gasteiger charge is 2.26. The molecule has 1 N–H and O–H groups in total. The maximum absolute atomic E-state index is 12.2. The maximum Gasteiger partial charge on any atom is 0.261 e. The van der Waals surface area contributed by atoms with Crippen LogP contribution in [0.4, 0.5) is 0 Å². The van der Waals surface area contributed by atoms with Crippen LogP contribution in [0.5, 0.6) is 0 Å². The van der Waals surface area contributed by atoms with E-state index in [9.17, 15) is 10.1 Å². The second kappa shape index (κ2) is 8.77. The molecular weight excluding hydrogens is 312 g/mol. The molecule has 1 aromatic rings. The van der Waals surface area contributed by atoms with Gasteiger partial charge in [-0.05, 0) is 74.7 Å². The minimum Gasteiger partial charge on any atom is -0.351 e. The van der Waals surface area contributed by atoms with Crippen LogP contribution < -0.4 is 5.32 Å². The number of rotatable bonds is 7. The van der Waals surface area contributed by atoms with Gasteiger partial charge in [0.15, 0.2) is 0 Å². The summed E-state index contributed by atoms with van der Waals surface area (Å²) < 4.78 is 0. The zero-order valence-electron chi connectivity index (χ0n) is 14.7. The van der Waals surface area contributed by atoms with Gasteiger partial charge in [-0.1, -0.05) is 6.07 Å². The molecule has 2 fully saturated rings. The number of nitrogens with one attached hydrogen (secondary N) is 1. The molecule has 0 unspecified atom stereocenters. The number of pyridine rings is 1. The zero-order valence-corrected chi connectivity index (χ0v) is 14.7. The van der Waals surface area contributed by atoms with Crippen LogP contribution in [0.3, 0.4) is 0 Å². The smallest absolute Gasteiger partial charge is 0.261 e. The number of nitrogens with zero attached hydrogens (tertiary/aromatic N) is 3. The molecule has 132 valence electrons. The van der Waals surface area contributed by atoms with Crippen LogP contribution in [-0.4, -0.2) is 42.0 Å². The minimum absolute atomic E-state index is 0.132. The van der Waals surface area contributed by atoms with Crippen molar-refractivity contribution in [2.45, 2.75) is 32.1 Å². The van der Waals surface area contributed by atoms with E-state index in [1.165, 1.54) is 45.3 Å². The predicted molar refractivity (Wildman–Crippen MR) is 97.3 cm³/mol. The molecule has 5 nitrogen and oxygen atoms in total. The number of nitriles is 1. The van der Waals surface area contributed by atoms with Crippen LogP contribution in [-0.2, 0) is 4.79 Å². The summed E-state index contributed by atoms with van der Waals surface area (Å²) in [7, 11) is 0. The van der Waals surface area contributed by atoms with Gasteiger partial charge in [0.1, 0.15) is 11.6 Å². The van der Waals surface area contributed by atoms with E-state index in [1.807, 2.05) is 12.1 Å². The molecule has 0 bridgehead atoms. The Hall–Kier alpha value is -2.19. The van der Waals surface area contributed by atoms with E-state index in [2.05, 4.69) is 15.2 Å². The summed E-state index contributed by atoms with van der Waals surface area (Å²) in [4.78, 5) is 18.8. The van der Waals surface area contributed by atoms with Crippen LogP contribution in [0.1, 0.15) is 37.7 Å². The average Bonchev–Trinajstić information content (AvgIpc) is 3.46. The van der Waals surface area contributed by atoms with Crippen LogP contribution in [0, 0.1) is 23.2 Å². The lowest BCUT2D eigenvalue weighted by Crippen LogP contribution is -2.36. The monoisotopic (exact) mass is 338 g/mol. The van der Waals surface area contributed by atoms with Crippen LogP contribution in [0.15, 0.2) is 30.1 Å². The molecule has 2 aliphatic rings. The number of amides is 1. The normalized spacial score (nSPS) is 19.4. The van der Waals surface area contributed by atoms with Gasteiger partial charge in [0.2, 0.25) is 0 Å². The number of aromatic nitrogens is 1. The van der Waals surface area contributed by atoms with E-state index in [0.717, 1.165) is 17.9 Å². The molecule has 1 amide bonds. The molecular formula is C20H26N4O. The van der Waals surface area contributed by atoms with Crippen molar-refractivity contribution in [2.75, 3.05) is 26.2 Å². The molecule has 0 radical (unpaired) electrons. The van der Waals surface area contributed by atoms with Crippen LogP contribution >= 0.6 is 0 Å². The Labute approximate surface area is 149 Å². The fraction of sp³-hybridized carbons (Fsp3) is 0.550. The highest BCUT2D eigenvalue weighted by Crippen LogP contribution is 2.31. The van der Waals surface area contributed by atoms with Gasteiger partial charge in [-0.15, -0.1) is 0 Å². The number of hydrogen-bond acceptors (Lipinski definition) is 4. The summed E-state index contributed by atoms with van der Waals surface area (Å²) in [6, 6.07) is 5.60. The lowest BCUT2D eigenvalue weighted by Gasteiger charge is -2.32. The van der Waals surface area contributed by atoms with E-state index in [1.54, 1.807) is 24.5 Å². The van der Waals surface area contributed by atoms with Gasteiger partial charge < -0.3 is 10.2 Å². The van der Waals surface area contributed by atoms with Crippen molar-refractivity contribution in [3.63, 3.8) is 0 Å². The van der Waals surface area contributed by atoms with Crippen molar-refractivity contribution < 1.29 is 4.79 Å². The van der Waals surface area contributed by atoms with Crippen molar-refractivity contribution in [1.29, 1.82) is 5.26 Å². The zero-order chi connectivity index (χ0) is 17.5. The molecule has 0 atom stereocenters. The molecule has 3 rings (SSSR count). The van der Waals surface area contributed by atoms with Crippen molar-refractivity contribution in [1.82, 2.24) is 15.2 Å². The van der Waals surface area contributed by atoms with E-state index in [0.29, 0.717) is 12.5 Å². The molecule has 2 heterocycles. The SMILES string of the molecule is N#C/C(=C\c1cccnc1)C(=O)NCCC1CCN(CC2CC2)CC1. The van der Waals surface area contributed by atoms with E-state index >= 15 is 0 Å². The summed E-state index contributed by atoms with van der Waals surface area (Å²) in [6.07, 6.45) is 11.2. The van der Waals surface area contributed by atoms with Crippen molar-refractivity contribution in [3.05, 3.63) is 35.7 Å². The molecule has 1 aliphatic carbocycles. The van der Waals surface area contributed by atoms with E-state index < -0.39 is 0 Å². The number of carbonyl (C=O) groups excluding carboxylic acids is 1. The fourth-order valence-corrected chi connectivity index (χ4v) is 3.38. The molecule has 5 heteroatoms. The Balaban J connectivity index is 1.38. The third-order valence-corrected chi connectivity index (χ3v) is 5.12. The number of carbonyl (C=O) groups is 1. The first-order valence-electron chi connectivity index (χ1n) is 9.27. The Morgan fingerprint density at radius 1 is 1.32 bits per heavy atom. The highest BCUT2D eigenvalue weighted by molar-refractivity contribution is 6.01. The third-order valence-electron chi connectivity index (χ3n) is 5.12. The van der Waals surface area contributed by atoms with Gasteiger partial charge in [0.05, 0.1) is 0 Å². The second-order valence-corrected chi connectivity index (χ2v) is 7.19. The Morgan fingerprint density at radius 2 is 2.12 bits per heavy atom. The van der Waals surface area contributed by atoms with Gasteiger partial charge in [-0.2, -0.15) is 5.26 Å². The summed E-state index contributed by atoms with van der Waals surface area (Å²) in [5, 5.41) is 12.1. The molecule has 1 aromatic heterocycles. The van der Waals surface area contributed by atoms with Crippen molar-refractivity contribution in [3.8, 4) is 6.07 Å². The highest BCUT2D eigenvalue weighted by atomic mass is 16.1. The maximum atomic E-state index is 12.2. The van der Waals surface area contributed by atoms with Gasteiger partial charge in [0, 0.05) is 25.5 Å². The standard InChI is InChI=1S/C20H26N4O/c21-13-19(12-18-2-1-8-22-14-18)20(25)23-9-5-16-6-10-24(11-7-16)15-17-3-4-17/h1-2,8,12,14,16-17H,3-7,9-11,15H2,(H,23,25)/b19-12+. The third kappa shape index (κ3) is 5.68. The Kier molecular flexibility index (Phi) is 6.19. The van der Waals surface area contributed by atoms with Gasteiger partial charge in [-0.25, -0.2) is 0 Å². The molecule has 25 heavy (non-hydrogen) atoms. The lowest BCUT2D eigenvalue weighted by atomic mass is 9.93. The van der Waals surface area contributed by atoms with Gasteiger partial charge in [0.25, 0.3) is 5.91 Å². The first-order chi connectivity index (χ1) is 12.2. The summed E-state index contributed by atoms with van der Waals surface area (Å²) in [5.41, 5.74) is 0.893. The molecule has 0 aromatic carbocycles. The van der Waals surface area contributed by atoms with Gasteiger partial charge in [-0.3, -0.25) is 9.78 Å². The number of piperidine rings is 1. The summed E-state index contributed by atoms with van der Waals surface area (Å²) >= 11 is 0. The van der Waals surface area contributed by atoms with Crippen LogP contribution in [0.2, 0.25) is 0 Å². The largest absolute Gasteiger partial charge is 0.351 e. The summed E-state index contributed by atoms with van der Waals surface area (Å²) in [6.45, 7) is 4.31. The Bertz CT molecular complexity index is 637. The fourth-order valence-electron chi connectivity index (χ4n) is 3.38. The second-order valence-electron chi connectivity index (χ2n) is 7.19. The van der Waals surface area contributed by atoms with E-state index in [4.69, 9.17) is 0 Å². The van der Waals surface area contributed by atoms with Crippen molar-refractivity contribution in [2.24, 2.45) is 11.8 Å². The first-order valence-corrected chi connectivity index (χ1v) is 9.27. The quantitative estimate of drug-likeness (QED) is 0.613. The molecule has 0 spiro atoms. The van der Waals surface area contributed by atoms with Gasteiger partial charge >= 0.3 is 0 Å². The topological polar surface area (TPSA) is 69.0 Å². The Morgan fingerprint density at radius 3 is 2.76 bits per heavy atom. The van der Waals surface area contributed by atoms with Crippen LogP contribution in [0.25, 0.3) is 6.08 Å². The number of likely N-dealkylation sites (tertiary alicyclic amines) is 1. The molecule has 1 aliphatic heterocycles.